The predicted octanol–water partition coefficient (Wildman–Crippen LogP) is 2.46. The molecule has 0 radical (unpaired) electrons. The number of alkyl halides is 3. The fourth-order valence-corrected chi connectivity index (χ4v) is 2.33. The van der Waals surface area contributed by atoms with Crippen molar-refractivity contribution >= 4 is 5.91 Å². The van der Waals surface area contributed by atoms with Crippen molar-refractivity contribution in [1.82, 2.24) is 10.6 Å². The molecule has 1 saturated heterocycles. The van der Waals surface area contributed by atoms with Crippen molar-refractivity contribution in [3.05, 3.63) is 35.4 Å². The molecule has 1 aromatic rings. The van der Waals surface area contributed by atoms with E-state index in [1.165, 1.54) is 18.2 Å². The van der Waals surface area contributed by atoms with E-state index in [4.69, 9.17) is 0 Å². The lowest BCUT2D eigenvalue weighted by atomic mass is 10.0. The van der Waals surface area contributed by atoms with E-state index in [1.54, 1.807) is 0 Å². The number of rotatable bonds is 3. The third-order valence-electron chi connectivity index (χ3n) is 3.40. The highest BCUT2D eigenvalue weighted by Gasteiger charge is 2.33. The molecule has 6 heteroatoms. The van der Waals surface area contributed by atoms with E-state index in [2.05, 4.69) is 10.6 Å². The van der Waals surface area contributed by atoms with Crippen LogP contribution in [0.2, 0.25) is 0 Å². The normalized spacial score (nSPS) is 19.6. The number of hydrogen-bond donors (Lipinski definition) is 2. The van der Waals surface area contributed by atoms with Crippen LogP contribution >= 0.6 is 0 Å². The van der Waals surface area contributed by atoms with Gasteiger partial charge in [0.05, 0.1) is 11.6 Å². The number of carbonyl (C=O) groups excluding carboxylic acids is 1. The first kappa shape index (κ1) is 14.8. The Morgan fingerprint density at radius 2 is 2.05 bits per heavy atom. The largest absolute Gasteiger partial charge is 0.416 e. The molecule has 3 nitrogen and oxygen atoms in total. The third-order valence-corrected chi connectivity index (χ3v) is 3.40. The zero-order chi connectivity index (χ0) is 14.6. The van der Waals surface area contributed by atoms with Gasteiger partial charge in [-0.3, -0.25) is 4.79 Å². The highest BCUT2D eigenvalue weighted by Crippen LogP contribution is 2.31. The van der Waals surface area contributed by atoms with Crippen molar-refractivity contribution in [2.45, 2.75) is 38.0 Å². The van der Waals surface area contributed by atoms with E-state index in [9.17, 15) is 18.0 Å². The van der Waals surface area contributed by atoms with Crippen LogP contribution in [-0.4, -0.2) is 18.5 Å². The maximum atomic E-state index is 12.8. The quantitative estimate of drug-likeness (QED) is 0.896. The Balaban J connectivity index is 1.98. The molecule has 1 fully saturated rings. The van der Waals surface area contributed by atoms with Gasteiger partial charge in [-0.1, -0.05) is 24.6 Å². The van der Waals surface area contributed by atoms with E-state index in [1.807, 2.05) is 0 Å². The summed E-state index contributed by atoms with van der Waals surface area (Å²) >= 11 is 0. The van der Waals surface area contributed by atoms with Crippen LogP contribution in [0.25, 0.3) is 0 Å². The first-order valence-electron chi connectivity index (χ1n) is 6.64. The molecule has 2 rings (SSSR count). The number of amides is 1. The zero-order valence-corrected chi connectivity index (χ0v) is 11.0. The molecule has 1 aliphatic rings. The maximum Gasteiger partial charge on any atom is 0.416 e. The Kier molecular flexibility index (Phi) is 4.65. The molecule has 1 aliphatic heterocycles. The second kappa shape index (κ2) is 6.26. The molecule has 110 valence electrons. The van der Waals surface area contributed by atoms with Crippen molar-refractivity contribution in [3.63, 3.8) is 0 Å². The van der Waals surface area contributed by atoms with Crippen LogP contribution in [0, 0.1) is 0 Å². The molecule has 1 aromatic carbocycles. The molecule has 0 aromatic heterocycles. The fraction of sp³-hybridized carbons (Fsp3) is 0.500. The van der Waals surface area contributed by atoms with E-state index >= 15 is 0 Å². The van der Waals surface area contributed by atoms with Gasteiger partial charge in [0.1, 0.15) is 0 Å². The van der Waals surface area contributed by atoms with Gasteiger partial charge in [0.15, 0.2) is 0 Å². The highest BCUT2D eigenvalue weighted by molar-refractivity contribution is 5.81. The molecule has 1 atom stereocenters. The van der Waals surface area contributed by atoms with E-state index in [0.29, 0.717) is 0 Å². The number of halogens is 3. The van der Waals surface area contributed by atoms with E-state index in [0.717, 1.165) is 31.9 Å². The maximum absolute atomic E-state index is 12.8. The van der Waals surface area contributed by atoms with Crippen molar-refractivity contribution in [2.24, 2.45) is 0 Å². The summed E-state index contributed by atoms with van der Waals surface area (Å²) in [5.41, 5.74) is -0.610. The molecule has 0 aliphatic carbocycles. The molecule has 0 unspecified atom stereocenters. The fourth-order valence-electron chi connectivity index (χ4n) is 2.33. The topological polar surface area (TPSA) is 41.1 Å². The van der Waals surface area contributed by atoms with Crippen LogP contribution in [0.4, 0.5) is 13.2 Å². The van der Waals surface area contributed by atoms with E-state index < -0.39 is 11.7 Å². The molecule has 2 N–H and O–H groups in total. The summed E-state index contributed by atoms with van der Waals surface area (Å²) in [7, 11) is 0. The van der Waals surface area contributed by atoms with Gasteiger partial charge in [-0.15, -0.1) is 0 Å². The van der Waals surface area contributed by atoms with Gasteiger partial charge in [0.25, 0.3) is 0 Å². The van der Waals surface area contributed by atoms with Gasteiger partial charge in [0.2, 0.25) is 5.91 Å². The Morgan fingerprint density at radius 3 is 2.70 bits per heavy atom. The van der Waals surface area contributed by atoms with Crippen LogP contribution in [0.1, 0.15) is 30.4 Å². The smallest absolute Gasteiger partial charge is 0.351 e. The van der Waals surface area contributed by atoms with Crippen LogP contribution in [-0.2, 0) is 17.5 Å². The molecule has 1 heterocycles. The number of piperidine rings is 1. The molecule has 20 heavy (non-hydrogen) atoms. The second-order valence-corrected chi connectivity index (χ2v) is 4.88. The van der Waals surface area contributed by atoms with Crippen LogP contribution in [0.5, 0.6) is 0 Å². The lowest BCUT2D eigenvalue weighted by Gasteiger charge is -2.23. The van der Waals surface area contributed by atoms with Gasteiger partial charge < -0.3 is 10.6 Å². The standard InChI is InChI=1S/C14H17F3N2O/c15-14(16,17)11-6-2-1-5-10(11)9-19-13(20)12-7-3-4-8-18-12/h1-2,5-6,12,18H,3-4,7-9H2,(H,19,20)/t12-/m1/s1. The van der Waals surface area contributed by atoms with Crippen LogP contribution < -0.4 is 10.6 Å². The van der Waals surface area contributed by atoms with Gasteiger partial charge in [-0.2, -0.15) is 13.2 Å². The Hall–Kier alpha value is -1.56. The van der Waals surface area contributed by atoms with Crippen LogP contribution in [0.3, 0.4) is 0 Å². The molecular weight excluding hydrogens is 269 g/mol. The summed E-state index contributed by atoms with van der Waals surface area (Å²) < 4.78 is 38.4. The molecule has 1 amide bonds. The lowest BCUT2D eigenvalue weighted by Crippen LogP contribution is -2.46. The van der Waals surface area contributed by atoms with E-state index in [-0.39, 0.29) is 24.1 Å². The van der Waals surface area contributed by atoms with Gasteiger partial charge in [-0.05, 0) is 31.0 Å². The monoisotopic (exact) mass is 286 g/mol. The predicted molar refractivity (Wildman–Crippen MR) is 68.9 cm³/mol. The Labute approximate surface area is 115 Å². The zero-order valence-electron chi connectivity index (χ0n) is 11.0. The second-order valence-electron chi connectivity index (χ2n) is 4.88. The summed E-state index contributed by atoms with van der Waals surface area (Å²) in [4.78, 5) is 11.9. The number of hydrogen-bond acceptors (Lipinski definition) is 2. The van der Waals surface area contributed by atoms with Crippen molar-refractivity contribution in [2.75, 3.05) is 6.54 Å². The summed E-state index contributed by atoms with van der Waals surface area (Å²) in [6.07, 6.45) is -1.68. The Morgan fingerprint density at radius 1 is 1.30 bits per heavy atom. The van der Waals surface area contributed by atoms with Crippen molar-refractivity contribution in [1.29, 1.82) is 0 Å². The van der Waals surface area contributed by atoms with Gasteiger partial charge in [0, 0.05) is 6.54 Å². The van der Waals surface area contributed by atoms with Crippen molar-refractivity contribution in [3.8, 4) is 0 Å². The minimum absolute atomic E-state index is 0.0872. The van der Waals surface area contributed by atoms with Gasteiger partial charge >= 0.3 is 6.18 Å². The SMILES string of the molecule is O=C(NCc1ccccc1C(F)(F)F)[C@H]1CCCCN1. The lowest BCUT2D eigenvalue weighted by molar-refractivity contribution is -0.138. The molecule has 0 bridgehead atoms. The summed E-state index contributed by atoms with van der Waals surface area (Å²) in [5, 5.41) is 5.65. The first-order chi connectivity index (χ1) is 9.48. The van der Waals surface area contributed by atoms with Gasteiger partial charge in [-0.25, -0.2) is 0 Å². The molecule has 0 spiro atoms. The summed E-state index contributed by atoms with van der Waals surface area (Å²) in [6.45, 7) is 0.671. The average molecular weight is 286 g/mol. The number of nitrogens with one attached hydrogen (secondary N) is 2. The van der Waals surface area contributed by atoms with Crippen molar-refractivity contribution < 1.29 is 18.0 Å². The summed E-state index contributed by atoms with van der Waals surface area (Å²) in [6, 6.07) is 5.01. The molecule has 0 saturated carbocycles. The third kappa shape index (κ3) is 3.72. The average Bonchev–Trinajstić information content (AvgIpc) is 2.45. The minimum atomic E-state index is -4.40. The minimum Gasteiger partial charge on any atom is -0.351 e. The Bertz CT molecular complexity index is 468. The molecular formula is C14H17F3N2O. The number of carbonyl (C=O) groups is 1. The number of benzene rings is 1. The first-order valence-corrected chi connectivity index (χ1v) is 6.64. The van der Waals surface area contributed by atoms with Crippen LogP contribution in [0.15, 0.2) is 24.3 Å². The summed E-state index contributed by atoms with van der Waals surface area (Å²) in [5.74, 6) is -0.235. The highest BCUT2D eigenvalue weighted by atomic mass is 19.4.